The van der Waals surface area contributed by atoms with Crippen LogP contribution in [0.2, 0.25) is 4.34 Å². The van der Waals surface area contributed by atoms with E-state index in [-0.39, 0.29) is 5.95 Å². The van der Waals surface area contributed by atoms with Crippen molar-refractivity contribution in [2.24, 2.45) is 0 Å². The molecule has 4 aromatic heterocycles. The number of fused-ring (bicyclic) bond motifs is 1. The van der Waals surface area contributed by atoms with Crippen molar-refractivity contribution in [2.45, 2.75) is 6.18 Å². The maximum absolute atomic E-state index is 13.0. The summed E-state index contributed by atoms with van der Waals surface area (Å²) >= 11 is 7.40. The van der Waals surface area contributed by atoms with Gasteiger partial charge in [-0.3, -0.25) is 0 Å². The summed E-state index contributed by atoms with van der Waals surface area (Å²) in [5.41, 5.74) is 2.58. The molecule has 0 aliphatic carbocycles. The average Bonchev–Trinajstić information content (AvgIpc) is 3.12. The largest absolute Gasteiger partial charge is 0.480 e. The van der Waals surface area contributed by atoms with E-state index in [1.807, 2.05) is 0 Å². The summed E-state index contributed by atoms with van der Waals surface area (Å²) in [4.78, 5) is 20.4. The molecule has 29 heavy (non-hydrogen) atoms. The van der Waals surface area contributed by atoms with E-state index in [9.17, 15) is 13.2 Å². The van der Waals surface area contributed by atoms with Gasteiger partial charge in [-0.05, 0) is 18.2 Å². The molecule has 0 aromatic carbocycles. The highest BCUT2D eigenvalue weighted by Gasteiger charge is 2.36. The van der Waals surface area contributed by atoms with Gasteiger partial charge in [0.15, 0.2) is 5.65 Å². The molecule has 0 amide bonds. The molecule has 4 rings (SSSR count). The number of hydrogen-bond acceptors (Lipinski definition) is 8. The van der Waals surface area contributed by atoms with Crippen molar-refractivity contribution >= 4 is 45.6 Å². The van der Waals surface area contributed by atoms with Crippen LogP contribution in [0.1, 0.15) is 5.56 Å². The zero-order valence-electron chi connectivity index (χ0n) is 14.5. The Morgan fingerprint density at radius 2 is 1.93 bits per heavy atom. The normalized spacial score (nSPS) is 11.6. The molecule has 0 fully saturated rings. The molecule has 4 heterocycles. The van der Waals surface area contributed by atoms with Crippen molar-refractivity contribution in [3.05, 3.63) is 46.0 Å². The van der Waals surface area contributed by atoms with Gasteiger partial charge in [0.1, 0.15) is 15.6 Å². The van der Waals surface area contributed by atoms with Crippen LogP contribution in [0.5, 0.6) is 5.88 Å². The number of methoxy groups -OCH3 is 1. The highest BCUT2D eigenvalue weighted by atomic mass is 35.5. The molecule has 0 spiro atoms. The van der Waals surface area contributed by atoms with Crippen molar-refractivity contribution in [1.29, 1.82) is 0 Å². The van der Waals surface area contributed by atoms with E-state index in [1.165, 1.54) is 17.5 Å². The van der Waals surface area contributed by atoms with E-state index in [0.29, 0.717) is 38.6 Å². The molecule has 0 bridgehead atoms. The SMILES string of the molecule is COc1nc(Nc2ccnc3nc(-c4ncsc4Cl)ccc23)ncc1C(F)(F)F. The number of aromatic nitrogens is 5. The Balaban J connectivity index is 1.71. The number of halogens is 4. The van der Waals surface area contributed by atoms with E-state index in [0.717, 1.165) is 7.11 Å². The lowest BCUT2D eigenvalue weighted by Gasteiger charge is -2.13. The first-order valence-electron chi connectivity index (χ1n) is 7.97. The first-order chi connectivity index (χ1) is 13.9. The summed E-state index contributed by atoms with van der Waals surface area (Å²) in [6.07, 6.45) is -2.45. The molecular weight excluding hydrogens is 429 g/mol. The number of ether oxygens (including phenoxy) is 1. The first-order valence-corrected chi connectivity index (χ1v) is 9.23. The third-order valence-corrected chi connectivity index (χ3v) is 4.93. The highest BCUT2D eigenvalue weighted by Crippen LogP contribution is 2.35. The second-order valence-corrected chi connectivity index (χ2v) is 7.10. The summed E-state index contributed by atoms with van der Waals surface area (Å²) in [5.74, 6) is -0.638. The van der Waals surface area contributed by atoms with Crippen molar-refractivity contribution < 1.29 is 17.9 Å². The number of alkyl halides is 3. The molecule has 1 N–H and O–H groups in total. The Morgan fingerprint density at radius 1 is 1.10 bits per heavy atom. The van der Waals surface area contributed by atoms with Gasteiger partial charge in [0.25, 0.3) is 0 Å². The van der Waals surface area contributed by atoms with Crippen molar-refractivity contribution in [1.82, 2.24) is 24.9 Å². The molecule has 0 atom stereocenters. The molecule has 0 radical (unpaired) electrons. The van der Waals surface area contributed by atoms with Crippen LogP contribution < -0.4 is 10.1 Å². The Labute approximate surface area is 170 Å². The topological polar surface area (TPSA) is 85.7 Å². The number of nitrogens with zero attached hydrogens (tertiary/aromatic N) is 5. The average molecular weight is 439 g/mol. The fourth-order valence-corrected chi connectivity index (χ4v) is 3.35. The van der Waals surface area contributed by atoms with Crippen molar-refractivity contribution in [3.63, 3.8) is 0 Å². The molecule has 7 nitrogen and oxygen atoms in total. The minimum atomic E-state index is -4.62. The third kappa shape index (κ3) is 3.78. The number of hydrogen-bond donors (Lipinski definition) is 1. The second kappa shape index (κ2) is 7.41. The fourth-order valence-electron chi connectivity index (χ4n) is 2.57. The second-order valence-electron chi connectivity index (χ2n) is 5.64. The molecule has 4 aromatic rings. The first kappa shape index (κ1) is 19.3. The van der Waals surface area contributed by atoms with Crippen LogP contribution in [0.15, 0.2) is 36.1 Å². The van der Waals surface area contributed by atoms with E-state index in [2.05, 4.69) is 30.2 Å². The molecule has 148 valence electrons. The maximum Gasteiger partial charge on any atom is 0.423 e. The van der Waals surface area contributed by atoms with Crippen LogP contribution in [0.3, 0.4) is 0 Å². The highest BCUT2D eigenvalue weighted by molar-refractivity contribution is 7.14. The molecule has 0 saturated carbocycles. The van der Waals surface area contributed by atoms with E-state index >= 15 is 0 Å². The predicted molar refractivity (Wildman–Crippen MR) is 103 cm³/mol. The van der Waals surface area contributed by atoms with E-state index in [4.69, 9.17) is 16.3 Å². The summed E-state index contributed by atoms with van der Waals surface area (Å²) in [6.45, 7) is 0. The van der Waals surface area contributed by atoms with Gasteiger partial charge in [0, 0.05) is 17.8 Å². The number of thiazole rings is 1. The third-order valence-electron chi connectivity index (χ3n) is 3.87. The Kier molecular flexibility index (Phi) is 4.92. The molecule has 0 saturated heterocycles. The summed E-state index contributed by atoms with van der Waals surface area (Å²) < 4.78 is 44.2. The zero-order chi connectivity index (χ0) is 20.6. The van der Waals surface area contributed by atoms with Crippen molar-refractivity contribution in [2.75, 3.05) is 12.4 Å². The standard InChI is InChI=1S/C17H10ClF3N6OS/c1-28-15-9(17(19,20)21)6-23-16(27-15)26-10-4-5-22-14-8(10)2-3-11(25-14)12-13(18)29-7-24-12/h2-7H,1H3,(H,22,23,25,26,27). The van der Waals surface area contributed by atoms with Gasteiger partial charge in [-0.25, -0.2) is 19.9 Å². The van der Waals surface area contributed by atoms with Crippen molar-refractivity contribution in [3.8, 4) is 17.3 Å². The lowest BCUT2D eigenvalue weighted by molar-refractivity contribution is -0.139. The van der Waals surface area contributed by atoms with Gasteiger partial charge in [-0.15, -0.1) is 11.3 Å². The molecule has 12 heteroatoms. The quantitative estimate of drug-likeness (QED) is 0.481. The maximum atomic E-state index is 13.0. The summed E-state index contributed by atoms with van der Waals surface area (Å²) in [5, 5.41) is 3.49. The van der Waals surface area contributed by atoms with Gasteiger partial charge >= 0.3 is 6.18 Å². The summed E-state index contributed by atoms with van der Waals surface area (Å²) in [6, 6.07) is 5.11. The Morgan fingerprint density at radius 3 is 2.62 bits per heavy atom. The number of nitrogens with one attached hydrogen (secondary N) is 1. The minimum Gasteiger partial charge on any atom is -0.480 e. The van der Waals surface area contributed by atoms with Crippen LogP contribution in [-0.2, 0) is 6.18 Å². The molecule has 0 unspecified atom stereocenters. The van der Waals surface area contributed by atoms with Crippen LogP contribution >= 0.6 is 22.9 Å². The Hall–Kier alpha value is -3.05. The monoisotopic (exact) mass is 438 g/mol. The lowest BCUT2D eigenvalue weighted by atomic mass is 10.2. The fraction of sp³-hybridized carbons (Fsp3) is 0.118. The minimum absolute atomic E-state index is 0.0611. The van der Waals surface area contributed by atoms with Crippen LogP contribution in [0.25, 0.3) is 22.4 Å². The number of pyridine rings is 2. The lowest BCUT2D eigenvalue weighted by Crippen LogP contribution is -2.11. The smallest absolute Gasteiger partial charge is 0.423 e. The zero-order valence-corrected chi connectivity index (χ0v) is 16.1. The van der Waals surface area contributed by atoms with Gasteiger partial charge in [0.05, 0.1) is 24.0 Å². The van der Waals surface area contributed by atoms with Gasteiger partial charge in [0.2, 0.25) is 11.8 Å². The van der Waals surface area contributed by atoms with Crippen LogP contribution in [0.4, 0.5) is 24.8 Å². The summed E-state index contributed by atoms with van der Waals surface area (Å²) in [7, 11) is 1.11. The number of anilines is 2. The van der Waals surface area contributed by atoms with Crippen LogP contribution in [0, 0.1) is 0 Å². The van der Waals surface area contributed by atoms with Gasteiger partial charge < -0.3 is 10.1 Å². The Bertz CT molecular complexity index is 1200. The van der Waals surface area contributed by atoms with Gasteiger partial charge in [-0.2, -0.15) is 18.2 Å². The molecular formula is C17H10ClF3N6OS. The molecule has 0 aliphatic rings. The van der Waals surface area contributed by atoms with E-state index < -0.39 is 17.6 Å². The molecule has 0 aliphatic heterocycles. The number of rotatable bonds is 4. The predicted octanol–water partition coefficient (Wildman–Crippen LogP) is 4.97. The van der Waals surface area contributed by atoms with Gasteiger partial charge in [-0.1, -0.05) is 11.6 Å². The van der Waals surface area contributed by atoms with E-state index in [1.54, 1.807) is 23.7 Å². The van der Waals surface area contributed by atoms with Crippen LogP contribution in [-0.4, -0.2) is 32.0 Å².